The highest BCUT2D eigenvalue weighted by molar-refractivity contribution is 7.92. The van der Waals surface area contributed by atoms with Crippen LogP contribution in [-0.2, 0) is 40.3 Å². The van der Waals surface area contributed by atoms with Crippen molar-refractivity contribution in [1.82, 2.24) is 4.90 Å². The summed E-state index contributed by atoms with van der Waals surface area (Å²) in [5.74, 6) is -2.22. The molecule has 9 nitrogen and oxygen atoms in total. The van der Waals surface area contributed by atoms with E-state index in [1.54, 1.807) is 24.3 Å². The Morgan fingerprint density at radius 2 is 1.83 bits per heavy atom. The Balaban J connectivity index is 1.86. The van der Waals surface area contributed by atoms with E-state index in [-0.39, 0.29) is 17.9 Å². The van der Waals surface area contributed by atoms with Crippen molar-refractivity contribution in [3.05, 3.63) is 41.1 Å². The Morgan fingerprint density at radius 1 is 1.17 bits per heavy atom. The Hall–Kier alpha value is -2.59. The maximum absolute atomic E-state index is 12.7. The van der Waals surface area contributed by atoms with Crippen LogP contribution in [0.3, 0.4) is 0 Å². The third kappa shape index (κ3) is 4.08. The number of amides is 1. The first-order valence-corrected chi connectivity index (χ1v) is 10.6. The first kappa shape index (κ1) is 21.1. The molecule has 0 unspecified atom stereocenters. The Bertz CT molecular complexity index is 986. The predicted molar refractivity (Wildman–Crippen MR) is 101 cm³/mol. The van der Waals surface area contributed by atoms with Crippen LogP contribution in [-0.4, -0.2) is 61.4 Å². The van der Waals surface area contributed by atoms with Crippen molar-refractivity contribution in [2.75, 3.05) is 19.5 Å². The monoisotopic (exact) mass is 443 g/mol. The van der Waals surface area contributed by atoms with Gasteiger partial charge in [0.1, 0.15) is 30.0 Å². The molecule has 0 radical (unpaired) electrons. The van der Waals surface area contributed by atoms with Gasteiger partial charge in [0.2, 0.25) is 5.91 Å². The van der Waals surface area contributed by atoms with Crippen LogP contribution in [0.25, 0.3) is 0 Å². The van der Waals surface area contributed by atoms with Crippen LogP contribution in [0, 0.1) is 0 Å². The SMILES string of the molecule is COc1ccc(COC(=O)C2=C(COC(C)=O)CS(=O)(=O)[C@H]3[C@@H](Cl)C(=O)N23)cc1. The lowest BCUT2D eigenvalue weighted by atomic mass is 10.1. The van der Waals surface area contributed by atoms with Gasteiger partial charge in [-0.3, -0.25) is 14.5 Å². The lowest BCUT2D eigenvalue weighted by Crippen LogP contribution is -2.68. The maximum atomic E-state index is 12.7. The molecule has 3 rings (SSSR count). The lowest BCUT2D eigenvalue weighted by Gasteiger charge is -2.46. The van der Waals surface area contributed by atoms with Crippen LogP contribution in [0.15, 0.2) is 35.5 Å². The number of esters is 2. The number of benzene rings is 1. The van der Waals surface area contributed by atoms with Gasteiger partial charge in [0.15, 0.2) is 15.2 Å². The van der Waals surface area contributed by atoms with Crippen molar-refractivity contribution < 1.29 is 37.0 Å². The van der Waals surface area contributed by atoms with E-state index in [9.17, 15) is 22.8 Å². The summed E-state index contributed by atoms with van der Waals surface area (Å²) < 4.78 is 40.1. The summed E-state index contributed by atoms with van der Waals surface area (Å²) in [6, 6.07) is 6.76. The van der Waals surface area contributed by atoms with Crippen molar-refractivity contribution in [3.8, 4) is 5.75 Å². The molecule has 11 heteroatoms. The zero-order chi connectivity index (χ0) is 21.3. The van der Waals surface area contributed by atoms with Gasteiger partial charge in [0.05, 0.1) is 12.9 Å². The smallest absolute Gasteiger partial charge is 0.355 e. The number of alkyl halides is 1. The van der Waals surface area contributed by atoms with Gasteiger partial charge in [-0.05, 0) is 17.7 Å². The summed E-state index contributed by atoms with van der Waals surface area (Å²) in [5, 5.41) is -2.62. The molecular weight excluding hydrogens is 426 g/mol. The van der Waals surface area contributed by atoms with Crippen molar-refractivity contribution in [2.24, 2.45) is 0 Å². The molecule has 2 atom stereocenters. The summed E-state index contributed by atoms with van der Waals surface area (Å²) in [7, 11) is -2.32. The second kappa shape index (κ2) is 8.03. The number of rotatable bonds is 6. The van der Waals surface area contributed by atoms with Gasteiger partial charge < -0.3 is 14.2 Å². The first-order valence-electron chi connectivity index (χ1n) is 8.50. The molecule has 1 saturated heterocycles. The third-order valence-corrected chi connectivity index (χ3v) is 7.01. The first-order chi connectivity index (χ1) is 13.7. The van der Waals surface area contributed by atoms with Gasteiger partial charge in [-0.15, -0.1) is 11.6 Å². The van der Waals surface area contributed by atoms with E-state index >= 15 is 0 Å². The predicted octanol–water partition coefficient (Wildman–Crippen LogP) is 0.760. The largest absolute Gasteiger partial charge is 0.497 e. The number of nitrogens with zero attached hydrogens (tertiary/aromatic N) is 1. The topological polar surface area (TPSA) is 116 Å². The molecule has 29 heavy (non-hydrogen) atoms. The number of halogens is 1. The average Bonchev–Trinajstić information content (AvgIpc) is 2.69. The van der Waals surface area contributed by atoms with Crippen LogP contribution in [0.2, 0.25) is 0 Å². The van der Waals surface area contributed by atoms with Crippen LogP contribution < -0.4 is 4.74 Å². The quantitative estimate of drug-likeness (QED) is 0.359. The summed E-state index contributed by atoms with van der Waals surface area (Å²) in [4.78, 5) is 36.9. The lowest BCUT2D eigenvalue weighted by molar-refractivity contribution is -0.150. The zero-order valence-corrected chi connectivity index (χ0v) is 17.2. The van der Waals surface area contributed by atoms with Crippen molar-refractivity contribution >= 4 is 39.3 Å². The van der Waals surface area contributed by atoms with E-state index in [1.807, 2.05) is 0 Å². The molecule has 1 amide bonds. The second-order valence-electron chi connectivity index (χ2n) is 6.46. The van der Waals surface area contributed by atoms with E-state index in [1.165, 1.54) is 7.11 Å². The van der Waals surface area contributed by atoms with Gasteiger partial charge in [0, 0.05) is 12.5 Å². The van der Waals surface area contributed by atoms with Gasteiger partial charge >= 0.3 is 11.9 Å². The summed E-state index contributed by atoms with van der Waals surface area (Å²) in [5.41, 5.74) is 0.376. The van der Waals surface area contributed by atoms with E-state index in [0.717, 1.165) is 11.8 Å². The molecule has 0 aliphatic carbocycles. The van der Waals surface area contributed by atoms with E-state index in [0.29, 0.717) is 11.3 Å². The van der Waals surface area contributed by atoms with Crippen molar-refractivity contribution in [2.45, 2.75) is 24.3 Å². The number of sulfone groups is 1. The van der Waals surface area contributed by atoms with Crippen molar-refractivity contribution in [1.29, 1.82) is 0 Å². The van der Waals surface area contributed by atoms with Gasteiger partial charge in [0.25, 0.3) is 0 Å². The number of hydrogen-bond donors (Lipinski definition) is 0. The Kier molecular flexibility index (Phi) is 5.85. The third-order valence-electron chi connectivity index (χ3n) is 4.47. The molecular formula is C18H18ClNO8S. The highest BCUT2D eigenvalue weighted by Gasteiger charge is 2.59. The molecule has 1 fully saturated rings. The molecule has 0 spiro atoms. The number of carbonyl (C=O) groups excluding carboxylic acids is 3. The average molecular weight is 444 g/mol. The Labute approximate surface area is 172 Å². The number of ether oxygens (including phenoxy) is 3. The van der Waals surface area contributed by atoms with Gasteiger partial charge in [-0.1, -0.05) is 12.1 Å². The fraction of sp³-hybridized carbons (Fsp3) is 0.389. The van der Waals surface area contributed by atoms with Crippen LogP contribution in [0.5, 0.6) is 5.75 Å². The maximum Gasteiger partial charge on any atom is 0.355 e. The van der Waals surface area contributed by atoms with E-state index in [2.05, 4.69) is 0 Å². The summed E-state index contributed by atoms with van der Waals surface area (Å²) >= 11 is 5.86. The molecule has 156 valence electrons. The molecule has 0 aromatic heterocycles. The summed E-state index contributed by atoms with van der Waals surface area (Å²) in [6.45, 7) is 0.577. The van der Waals surface area contributed by atoms with Crippen molar-refractivity contribution in [3.63, 3.8) is 0 Å². The number of fused-ring (bicyclic) bond motifs is 1. The Morgan fingerprint density at radius 3 is 2.41 bits per heavy atom. The number of carbonyl (C=O) groups is 3. The number of β-lactam (4-membered cyclic amide) rings is 1. The summed E-state index contributed by atoms with van der Waals surface area (Å²) in [6.07, 6.45) is 0. The normalized spacial score (nSPS) is 22.4. The van der Waals surface area contributed by atoms with Gasteiger partial charge in [-0.25, -0.2) is 13.2 Å². The molecule has 0 bridgehead atoms. The molecule has 0 N–H and O–H groups in total. The fourth-order valence-corrected chi connectivity index (χ4v) is 5.63. The molecule has 2 aliphatic heterocycles. The van der Waals surface area contributed by atoms with Crippen LogP contribution in [0.1, 0.15) is 12.5 Å². The van der Waals surface area contributed by atoms with Crippen LogP contribution in [0.4, 0.5) is 0 Å². The van der Waals surface area contributed by atoms with Crippen LogP contribution >= 0.6 is 11.6 Å². The molecule has 1 aromatic rings. The standard InChI is InChI=1S/C18H18ClNO8S/c1-10(21)27-8-12-9-29(24,25)17-14(19)16(22)20(17)15(12)18(23)28-7-11-3-5-13(26-2)6-4-11/h3-6,14,17H,7-9H2,1-2H3/t14-,17-/m0/s1. The number of hydrogen-bond acceptors (Lipinski definition) is 8. The van der Waals surface area contributed by atoms with E-state index in [4.69, 9.17) is 25.8 Å². The molecule has 0 saturated carbocycles. The highest BCUT2D eigenvalue weighted by atomic mass is 35.5. The fourth-order valence-electron chi connectivity index (χ4n) is 3.06. The number of methoxy groups -OCH3 is 1. The molecule has 2 heterocycles. The zero-order valence-electron chi connectivity index (χ0n) is 15.6. The van der Waals surface area contributed by atoms with Gasteiger partial charge in [-0.2, -0.15) is 0 Å². The minimum absolute atomic E-state index is 0.0342. The minimum Gasteiger partial charge on any atom is -0.497 e. The highest BCUT2D eigenvalue weighted by Crippen LogP contribution is 2.39. The molecule has 1 aromatic carbocycles. The second-order valence-corrected chi connectivity index (χ2v) is 9.03. The molecule has 2 aliphatic rings. The van der Waals surface area contributed by atoms with E-state index < -0.39 is 50.8 Å². The minimum atomic E-state index is -3.84.